The van der Waals surface area contributed by atoms with Gasteiger partial charge >= 0.3 is 0 Å². The van der Waals surface area contributed by atoms with Gasteiger partial charge in [-0.3, -0.25) is 9.59 Å². The van der Waals surface area contributed by atoms with Crippen molar-refractivity contribution in [2.45, 2.75) is 12.5 Å². The molecular weight excluding hydrogens is 256 g/mol. The van der Waals surface area contributed by atoms with Gasteiger partial charge in [-0.05, 0) is 12.5 Å². The van der Waals surface area contributed by atoms with Gasteiger partial charge < -0.3 is 9.88 Å². The summed E-state index contributed by atoms with van der Waals surface area (Å²) in [4.78, 5) is 23.2. The summed E-state index contributed by atoms with van der Waals surface area (Å²) in [5.41, 5.74) is -0.0240. The molecule has 1 saturated heterocycles. The number of sulfone groups is 1. The number of hydrogen-bond acceptors (Lipinski definition) is 4. The van der Waals surface area contributed by atoms with E-state index in [4.69, 9.17) is 0 Å². The van der Waals surface area contributed by atoms with E-state index < -0.39 is 15.7 Å². The molecule has 1 aromatic rings. The van der Waals surface area contributed by atoms with E-state index in [0.717, 1.165) is 0 Å². The minimum absolute atomic E-state index is 0.0242. The molecule has 1 atom stereocenters. The summed E-state index contributed by atoms with van der Waals surface area (Å²) in [6.07, 6.45) is 1.93. The minimum atomic E-state index is -3.02. The van der Waals surface area contributed by atoms with Gasteiger partial charge in [-0.15, -0.1) is 0 Å². The highest BCUT2D eigenvalue weighted by Crippen LogP contribution is 2.11. The van der Waals surface area contributed by atoms with Crippen molar-refractivity contribution in [3.8, 4) is 0 Å². The first-order valence-corrected chi connectivity index (χ1v) is 7.37. The number of rotatable bonds is 2. The van der Waals surface area contributed by atoms with Crippen molar-refractivity contribution in [2.24, 2.45) is 7.05 Å². The van der Waals surface area contributed by atoms with Crippen molar-refractivity contribution >= 4 is 15.7 Å². The lowest BCUT2D eigenvalue weighted by Crippen LogP contribution is -2.36. The van der Waals surface area contributed by atoms with Crippen LogP contribution in [0, 0.1) is 0 Å². The molecule has 2 heterocycles. The molecule has 0 aliphatic carbocycles. The number of nitrogens with one attached hydrogen (secondary N) is 1. The summed E-state index contributed by atoms with van der Waals surface area (Å²) >= 11 is 0. The largest absolute Gasteiger partial charge is 0.348 e. The van der Waals surface area contributed by atoms with Crippen molar-refractivity contribution in [2.75, 3.05) is 11.5 Å². The zero-order valence-electron chi connectivity index (χ0n) is 9.92. The van der Waals surface area contributed by atoms with E-state index >= 15 is 0 Å². The molecule has 7 heteroatoms. The van der Waals surface area contributed by atoms with Crippen LogP contribution in [0.2, 0.25) is 0 Å². The van der Waals surface area contributed by atoms with Gasteiger partial charge in [0.15, 0.2) is 9.84 Å². The fourth-order valence-corrected chi connectivity index (χ4v) is 3.54. The highest BCUT2D eigenvalue weighted by atomic mass is 32.2. The lowest BCUT2D eigenvalue weighted by Gasteiger charge is -2.10. The van der Waals surface area contributed by atoms with Crippen molar-refractivity contribution in [1.82, 2.24) is 9.88 Å². The fourth-order valence-electron chi connectivity index (χ4n) is 1.87. The number of pyridine rings is 1. The highest BCUT2D eigenvalue weighted by molar-refractivity contribution is 7.91. The van der Waals surface area contributed by atoms with Crippen LogP contribution in [-0.2, 0) is 16.9 Å². The van der Waals surface area contributed by atoms with Gasteiger partial charge in [0.1, 0.15) is 0 Å². The number of carbonyl (C=O) groups is 1. The van der Waals surface area contributed by atoms with Gasteiger partial charge in [-0.25, -0.2) is 8.42 Å². The van der Waals surface area contributed by atoms with Crippen LogP contribution in [0.1, 0.15) is 16.8 Å². The summed E-state index contributed by atoms with van der Waals surface area (Å²) in [7, 11) is -1.43. The third-order valence-electron chi connectivity index (χ3n) is 2.93. The standard InChI is InChI=1S/C11H14N2O4S/c1-13-4-2-8(6-10(13)14)11(15)12-9-3-5-18(16,17)7-9/h2,4,6,9H,3,5,7H2,1H3,(H,12,15)/t9-/m1/s1. The van der Waals surface area contributed by atoms with Gasteiger partial charge in [0.2, 0.25) is 0 Å². The summed E-state index contributed by atoms with van der Waals surface area (Å²) in [5.74, 6) is -0.326. The molecule has 0 saturated carbocycles. The quantitative estimate of drug-likeness (QED) is 0.770. The number of carbonyl (C=O) groups excluding carboxylic acids is 1. The Kier molecular flexibility index (Phi) is 3.25. The van der Waals surface area contributed by atoms with Crippen LogP contribution in [0.4, 0.5) is 0 Å². The van der Waals surface area contributed by atoms with Crippen LogP contribution < -0.4 is 10.9 Å². The molecule has 6 nitrogen and oxygen atoms in total. The third-order valence-corrected chi connectivity index (χ3v) is 4.70. The van der Waals surface area contributed by atoms with Crippen LogP contribution in [0.15, 0.2) is 23.1 Å². The van der Waals surface area contributed by atoms with Gasteiger partial charge in [-0.2, -0.15) is 0 Å². The second-order valence-electron chi connectivity index (χ2n) is 4.44. The zero-order valence-corrected chi connectivity index (χ0v) is 10.7. The maximum atomic E-state index is 11.8. The number of aromatic nitrogens is 1. The Balaban J connectivity index is 2.09. The SMILES string of the molecule is Cn1ccc(C(=O)N[C@@H]2CCS(=O)(=O)C2)cc1=O. The van der Waals surface area contributed by atoms with Crippen LogP contribution in [0.5, 0.6) is 0 Å². The van der Waals surface area contributed by atoms with E-state index in [1.165, 1.54) is 22.9 Å². The molecule has 1 aliphatic rings. The summed E-state index contributed by atoms with van der Waals surface area (Å²) < 4.78 is 23.9. The Bertz CT molecular complexity index is 633. The molecule has 98 valence electrons. The Morgan fingerprint density at radius 2 is 2.22 bits per heavy atom. The number of aryl methyl sites for hydroxylation is 1. The molecule has 0 bridgehead atoms. The average molecular weight is 270 g/mol. The fraction of sp³-hybridized carbons (Fsp3) is 0.455. The molecular formula is C11H14N2O4S. The number of hydrogen-bond donors (Lipinski definition) is 1. The molecule has 0 aromatic carbocycles. The van der Waals surface area contributed by atoms with Crippen molar-refractivity contribution < 1.29 is 13.2 Å². The zero-order chi connectivity index (χ0) is 13.3. The molecule has 18 heavy (non-hydrogen) atoms. The van der Waals surface area contributed by atoms with E-state index in [9.17, 15) is 18.0 Å². The smallest absolute Gasteiger partial charge is 0.251 e. The second kappa shape index (κ2) is 4.56. The number of amides is 1. The van der Waals surface area contributed by atoms with E-state index in [-0.39, 0.29) is 28.7 Å². The lowest BCUT2D eigenvalue weighted by molar-refractivity contribution is 0.0941. The van der Waals surface area contributed by atoms with Crippen molar-refractivity contribution in [1.29, 1.82) is 0 Å². The predicted molar refractivity (Wildman–Crippen MR) is 66.2 cm³/mol. The van der Waals surface area contributed by atoms with E-state index in [0.29, 0.717) is 6.42 Å². The van der Waals surface area contributed by atoms with Crippen LogP contribution in [0.25, 0.3) is 0 Å². The number of nitrogens with zero attached hydrogens (tertiary/aromatic N) is 1. The molecule has 2 rings (SSSR count). The van der Waals surface area contributed by atoms with Crippen molar-refractivity contribution in [3.63, 3.8) is 0 Å². The van der Waals surface area contributed by atoms with Crippen molar-refractivity contribution in [3.05, 3.63) is 34.2 Å². The van der Waals surface area contributed by atoms with E-state index in [2.05, 4.69) is 5.32 Å². The summed E-state index contributed by atoms with van der Waals surface area (Å²) in [6.45, 7) is 0. The first-order chi connectivity index (χ1) is 8.37. The Hall–Kier alpha value is -1.63. The van der Waals surface area contributed by atoms with E-state index in [1.54, 1.807) is 7.05 Å². The summed E-state index contributed by atoms with van der Waals surface area (Å²) in [5, 5.41) is 2.63. The van der Waals surface area contributed by atoms with Gasteiger partial charge in [-0.1, -0.05) is 0 Å². The predicted octanol–water partition coefficient (Wildman–Crippen LogP) is -0.698. The molecule has 1 aromatic heterocycles. The summed E-state index contributed by atoms with van der Waals surface area (Å²) in [6, 6.07) is 2.41. The Morgan fingerprint density at radius 1 is 1.50 bits per heavy atom. The highest BCUT2D eigenvalue weighted by Gasteiger charge is 2.29. The van der Waals surface area contributed by atoms with Crippen LogP contribution in [0.3, 0.4) is 0 Å². The molecule has 1 amide bonds. The first-order valence-electron chi connectivity index (χ1n) is 5.55. The first kappa shape index (κ1) is 12.8. The lowest BCUT2D eigenvalue weighted by atomic mass is 10.2. The van der Waals surface area contributed by atoms with Gasteiger partial charge in [0.05, 0.1) is 11.5 Å². The maximum Gasteiger partial charge on any atom is 0.251 e. The molecule has 0 spiro atoms. The Morgan fingerprint density at radius 3 is 2.78 bits per heavy atom. The third kappa shape index (κ3) is 2.79. The molecule has 0 radical (unpaired) electrons. The van der Waals surface area contributed by atoms with Crippen LogP contribution in [-0.4, -0.2) is 36.4 Å². The van der Waals surface area contributed by atoms with Gasteiger partial charge in [0, 0.05) is 30.9 Å². The maximum absolute atomic E-state index is 11.8. The normalized spacial score (nSPS) is 21.7. The van der Waals surface area contributed by atoms with E-state index in [1.807, 2.05) is 0 Å². The second-order valence-corrected chi connectivity index (χ2v) is 6.67. The molecule has 1 N–H and O–H groups in total. The minimum Gasteiger partial charge on any atom is -0.348 e. The molecule has 0 unspecified atom stereocenters. The van der Waals surface area contributed by atoms with Crippen LogP contribution >= 0.6 is 0 Å². The average Bonchev–Trinajstić information content (AvgIpc) is 2.62. The Labute approximate surface area is 105 Å². The molecule has 1 fully saturated rings. The molecule has 1 aliphatic heterocycles. The van der Waals surface area contributed by atoms with Gasteiger partial charge in [0.25, 0.3) is 11.5 Å². The monoisotopic (exact) mass is 270 g/mol. The topological polar surface area (TPSA) is 85.2 Å².